The minimum absolute atomic E-state index is 0.150. The molecule has 4 nitrogen and oxygen atoms in total. The highest BCUT2D eigenvalue weighted by Crippen LogP contribution is 2.15. The molecule has 3 N–H and O–H groups in total. The molecule has 0 bridgehead atoms. The summed E-state index contributed by atoms with van der Waals surface area (Å²) < 4.78 is 5.47. The highest BCUT2D eigenvalue weighted by molar-refractivity contribution is 6.59. The lowest BCUT2D eigenvalue weighted by molar-refractivity contribution is 0.0419. The standard InChI is InChI=1S/C10H15BO4/c1-10(2,7-12)15-9-6-4-3-5-8(9)11(13)14/h3-6,12-14H,7H2,1-2H3. The van der Waals surface area contributed by atoms with E-state index in [1.807, 2.05) is 0 Å². The van der Waals surface area contributed by atoms with Crippen LogP contribution in [0.1, 0.15) is 13.8 Å². The lowest BCUT2D eigenvalue weighted by atomic mass is 9.79. The molecule has 0 aliphatic rings. The van der Waals surface area contributed by atoms with Gasteiger partial charge in [-0.15, -0.1) is 0 Å². The lowest BCUT2D eigenvalue weighted by Gasteiger charge is -2.25. The molecular weight excluding hydrogens is 195 g/mol. The third kappa shape index (κ3) is 3.23. The van der Waals surface area contributed by atoms with Gasteiger partial charge >= 0.3 is 7.12 Å². The molecule has 0 saturated heterocycles. The van der Waals surface area contributed by atoms with Crippen LogP contribution >= 0.6 is 0 Å². The summed E-state index contributed by atoms with van der Waals surface area (Å²) in [7, 11) is -1.57. The van der Waals surface area contributed by atoms with Crippen LogP contribution < -0.4 is 10.2 Å². The van der Waals surface area contributed by atoms with Crippen molar-refractivity contribution >= 4 is 12.6 Å². The smallest absolute Gasteiger partial charge is 0.486 e. The lowest BCUT2D eigenvalue weighted by Crippen LogP contribution is -2.38. The molecular formula is C10H15BO4. The molecule has 0 heterocycles. The number of aliphatic hydroxyl groups is 1. The first-order valence-corrected chi connectivity index (χ1v) is 4.71. The van der Waals surface area contributed by atoms with E-state index in [1.54, 1.807) is 38.1 Å². The number of hydrogen-bond donors (Lipinski definition) is 3. The number of hydrogen-bond acceptors (Lipinski definition) is 4. The van der Waals surface area contributed by atoms with Crippen LogP contribution in [0, 0.1) is 0 Å². The van der Waals surface area contributed by atoms with Gasteiger partial charge in [-0.3, -0.25) is 0 Å². The zero-order valence-electron chi connectivity index (χ0n) is 8.84. The fraction of sp³-hybridized carbons (Fsp3) is 0.400. The summed E-state index contributed by atoms with van der Waals surface area (Å²) in [4.78, 5) is 0. The van der Waals surface area contributed by atoms with Crippen molar-refractivity contribution in [1.82, 2.24) is 0 Å². The number of rotatable bonds is 4. The Morgan fingerprint density at radius 3 is 2.40 bits per heavy atom. The fourth-order valence-electron chi connectivity index (χ4n) is 1.12. The summed E-state index contributed by atoms with van der Waals surface area (Å²) in [6.45, 7) is 3.28. The van der Waals surface area contributed by atoms with E-state index in [2.05, 4.69) is 0 Å². The summed E-state index contributed by atoms with van der Waals surface area (Å²) in [6.07, 6.45) is 0. The Kier molecular flexibility index (Phi) is 3.74. The largest absolute Gasteiger partial charge is 0.492 e. The maximum absolute atomic E-state index is 9.09. The Morgan fingerprint density at radius 2 is 1.87 bits per heavy atom. The highest BCUT2D eigenvalue weighted by atomic mass is 16.5. The summed E-state index contributed by atoms with van der Waals surface area (Å²) in [5.41, 5.74) is -0.454. The third-order valence-electron chi connectivity index (χ3n) is 1.96. The molecule has 0 fully saturated rings. The van der Waals surface area contributed by atoms with Gasteiger partial charge in [0.1, 0.15) is 11.4 Å². The molecule has 15 heavy (non-hydrogen) atoms. The van der Waals surface area contributed by atoms with Crippen molar-refractivity contribution in [3.8, 4) is 5.75 Å². The van der Waals surface area contributed by atoms with Crippen molar-refractivity contribution in [3.63, 3.8) is 0 Å². The molecule has 0 aliphatic heterocycles. The van der Waals surface area contributed by atoms with Gasteiger partial charge in [-0.1, -0.05) is 18.2 Å². The summed E-state index contributed by atoms with van der Waals surface area (Å²) >= 11 is 0. The van der Waals surface area contributed by atoms with Crippen LogP contribution in [0.15, 0.2) is 24.3 Å². The first-order valence-electron chi connectivity index (χ1n) is 4.71. The van der Waals surface area contributed by atoms with Crippen LogP contribution in [0.25, 0.3) is 0 Å². The maximum atomic E-state index is 9.09. The molecule has 1 aromatic carbocycles. The zero-order valence-corrected chi connectivity index (χ0v) is 8.84. The normalized spacial score (nSPS) is 11.3. The quantitative estimate of drug-likeness (QED) is 0.587. The minimum atomic E-state index is -1.57. The number of para-hydroxylation sites is 1. The van der Waals surface area contributed by atoms with E-state index in [9.17, 15) is 0 Å². The van der Waals surface area contributed by atoms with Gasteiger partial charge in [-0.05, 0) is 19.9 Å². The Hall–Kier alpha value is -1.04. The molecule has 5 heteroatoms. The van der Waals surface area contributed by atoms with Crippen molar-refractivity contribution in [2.24, 2.45) is 0 Å². The Labute approximate surface area is 89.3 Å². The molecule has 0 unspecified atom stereocenters. The second-order valence-electron chi connectivity index (χ2n) is 3.93. The van der Waals surface area contributed by atoms with E-state index >= 15 is 0 Å². The van der Waals surface area contributed by atoms with E-state index in [4.69, 9.17) is 19.9 Å². The van der Waals surface area contributed by atoms with E-state index in [0.29, 0.717) is 11.2 Å². The highest BCUT2D eigenvalue weighted by Gasteiger charge is 2.23. The summed E-state index contributed by atoms with van der Waals surface area (Å²) in [6, 6.07) is 6.61. The minimum Gasteiger partial charge on any atom is -0.486 e. The molecule has 0 atom stereocenters. The molecule has 0 aliphatic carbocycles. The van der Waals surface area contributed by atoms with Gasteiger partial charge in [0.05, 0.1) is 6.61 Å². The first-order chi connectivity index (χ1) is 6.96. The topological polar surface area (TPSA) is 69.9 Å². The van der Waals surface area contributed by atoms with Crippen molar-refractivity contribution in [3.05, 3.63) is 24.3 Å². The molecule has 82 valence electrons. The van der Waals surface area contributed by atoms with Gasteiger partial charge in [-0.25, -0.2) is 0 Å². The SMILES string of the molecule is CC(C)(CO)Oc1ccccc1B(O)O. The van der Waals surface area contributed by atoms with Crippen molar-refractivity contribution < 1.29 is 19.9 Å². The Bertz CT molecular complexity index is 325. The van der Waals surface area contributed by atoms with Gasteiger partial charge in [0.2, 0.25) is 0 Å². The Morgan fingerprint density at radius 1 is 1.27 bits per heavy atom. The molecule has 0 aromatic heterocycles. The fourth-order valence-corrected chi connectivity index (χ4v) is 1.12. The van der Waals surface area contributed by atoms with E-state index in [1.165, 1.54) is 0 Å². The third-order valence-corrected chi connectivity index (χ3v) is 1.96. The maximum Gasteiger partial charge on any atom is 0.492 e. The van der Waals surface area contributed by atoms with Gasteiger partial charge in [0.25, 0.3) is 0 Å². The average molecular weight is 210 g/mol. The van der Waals surface area contributed by atoms with Crippen molar-refractivity contribution in [2.45, 2.75) is 19.4 Å². The van der Waals surface area contributed by atoms with Crippen LogP contribution in [0.4, 0.5) is 0 Å². The second kappa shape index (κ2) is 4.66. The van der Waals surface area contributed by atoms with Gasteiger partial charge in [0.15, 0.2) is 0 Å². The molecule has 1 rings (SSSR count). The molecule has 0 amide bonds. The van der Waals surface area contributed by atoms with Crippen molar-refractivity contribution in [2.75, 3.05) is 6.61 Å². The van der Waals surface area contributed by atoms with E-state index in [-0.39, 0.29) is 6.61 Å². The summed E-state index contributed by atoms with van der Waals surface area (Å²) in [5, 5.41) is 27.2. The Balaban J connectivity index is 2.94. The number of ether oxygens (including phenoxy) is 1. The first kappa shape index (κ1) is 12.0. The molecule has 0 radical (unpaired) electrons. The summed E-state index contributed by atoms with van der Waals surface area (Å²) in [5.74, 6) is 0.367. The monoisotopic (exact) mass is 210 g/mol. The second-order valence-corrected chi connectivity index (χ2v) is 3.93. The predicted molar refractivity (Wildman–Crippen MR) is 58.1 cm³/mol. The van der Waals surface area contributed by atoms with Crippen LogP contribution in [0.2, 0.25) is 0 Å². The van der Waals surface area contributed by atoms with E-state index < -0.39 is 12.7 Å². The number of aliphatic hydroxyl groups excluding tert-OH is 1. The van der Waals surface area contributed by atoms with E-state index in [0.717, 1.165) is 0 Å². The average Bonchev–Trinajstić information content (AvgIpc) is 2.18. The molecule has 0 saturated carbocycles. The predicted octanol–water partition coefficient (Wildman–Crippen LogP) is -0.484. The zero-order chi connectivity index (χ0) is 11.5. The molecule has 0 spiro atoms. The van der Waals surface area contributed by atoms with Gasteiger partial charge < -0.3 is 19.9 Å². The van der Waals surface area contributed by atoms with Crippen LogP contribution in [-0.4, -0.2) is 34.5 Å². The van der Waals surface area contributed by atoms with Gasteiger partial charge in [-0.2, -0.15) is 0 Å². The van der Waals surface area contributed by atoms with Gasteiger partial charge in [0, 0.05) is 5.46 Å². The molecule has 1 aromatic rings. The van der Waals surface area contributed by atoms with Crippen LogP contribution in [0.5, 0.6) is 5.75 Å². The number of benzene rings is 1. The van der Waals surface area contributed by atoms with Crippen LogP contribution in [0.3, 0.4) is 0 Å². The van der Waals surface area contributed by atoms with Crippen molar-refractivity contribution in [1.29, 1.82) is 0 Å². The van der Waals surface area contributed by atoms with Crippen LogP contribution in [-0.2, 0) is 0 Å².